The lowest BCUT2D eigenvalue weighted by Gasteiger charge is -2.22. The second kappa shape index (κ2) is 3.95. The van der Waals surface area contributed by atoms with Crippen molar-refractivity contribution in [1.29, 1.82) is 10.7 Å². The van der Waals surface area contributed by atoms with Gasteiger partial charge < -0.3 is 10.5 Å². The minimum atomic E-state index is -0.354. The molecule has 0 radical (unpaired) electrons. The fraction of sp³-hybridized carbons (Fsp3) is 0.0909. The number of para-hydroxylation sites is 1. The number of nitrogens with zero attached hydrogens (tertiary/aromatic N) is 2. The van der Waals surface area contributed by atoms with Crippen molar-refractivity contribution in [1.82, 2.24) is 4.90 Å². The summed E-state index contributed by atoms with van der Waals surface area (Å²) in [7, 11) is 0. The Morgan fingerprint density at radius 1 is 1.50 bits per heavy atom. The number of nitriles is 1. The van der Waals surface area contributed by atoms with Crippen LogP contribution in [0.5, 0.6) is 5.75 Å². The summed E-state index contributed by atoms with van der Waals surface area (Å²) >= 11 is 0. The van der Waals surface area contributed by atoms with E-state index in [2.05, 4.69) is 0 Å². The van der Waals surface area contributed by atoms with Gasteiger partial charge in [-0.25, -0.2) is 0 Å². The molecule has 0 aliphatic carbocycles. The molecule has 5 nitrogen and oxygen atoms in total. The fourth-order valence-electron chi connectivity index (χ4n) is 1.48. The molecule has 1 aromatic carbocycles. The summed E-state index contributed by atoms with van der Waals surface area (Å²) in [6.07, 6.45) is 4.19. The van der Waals surface area contributed by atoms with Crippen molar-refractivity contribution in [3.8, 4) is 11.9 Å². The van der Waals surface area contributed by atoms with E-state index >= 15 is 0 Å². The first-order chi connectivity index (χ1) is 7.72. The number of rotatable bonds is 1. The number of hydrogen-bond donors (Lipinski definition) is 2. The molecule has 5 heteroatoms. The summed E-state index contributed by atoms with van der Waals surface area (Å²) in [5.41, 5.74) is 6.31. The van der Waals surface area contributed by atoms with Crippen molar-refractivity contribution in [2.75, 3.05) is 0 Å². The van der Waals surface area contributed by atoms with Gasteiger partial charge in [-0.15, -0.1) is 0 Å². The molecule has 0 bridgehead atoms. The van der Waals surface area contributed by atoms with Crippen LogP contribution in [-0.2, 0) is 6.42 Å². The van der Waals surface area contributed by atoms with E-state index in [1.54, 1.807) is 12.3 Å². The van der Waals surface area contributed by atoms with Crippen molar-refractivity contribution in [2.45, 2.75) is 6.42 Å². The third-order valence-electron chi connectivity index (χ3n) is 2.25. The molecule has 2 rings (SSSR count). The fourth-order valence-corrected chi connectivity index (χ4v) is 1.48. The van der Waals surface area contributed by atoms with Crippen LogP contribution in [0.15, 0.2) is 36.2 Å². The van der Waals surface area contributed by atoms with E-state index in [0.29, 0.717) is 12.2 Å². The molecule has 0 fully saturated rings. The minimum absolute atomic E-state index is 0.286. The van der Waals surface area contributed by atoms with Crippen molar-refractivity contribution >= 4 is 5.96 Å². The van der Waals surface area contributed by atoms with Gasteiger partial charge in [-0.3, -0.25) is 5.41 Å². The van der Waals surface area contributed by atoms with Crippen LogP contribution in [0, 0.1) is 16.9 Å². The maximum atomic E-state index is 8.83. The summed E-state index contributed by atoms with van der Waals surface area (Å²) in [6, 6.07) is 7.55. The van der Waals surface area contributed by atoms with Gasteiger partial charge in [0.1, 0.15) is 5.75 Å². The molecule has 16 heavy (non-hydrogen) atoms. The van der Waals surface area contributed by atoms with Gasteiger partial charge in [0.05, 0.1) is 0 Å². The number of benzene rings is 1. The van der Waals surface area contributed by atoms with Gasteiger partial charge in [-0.05, 0) is 24.1 Å². The summed E-state index contributed by atoms with van der Waals surface area (Å²) in [5.74, 6) is 0.628. The van der Waals surface area contributed by atoms with Crippen molar-refractivity contribution in [3.05, 3.63) is 41.8 Å². The number of guanidine groups is 1. The molecule has 80 valence electrons. The van der Waals surface area contributed by atoms with E-state index in [4.69, 9.17) is 21.1 Å². The third-order valence-corrected chi connectivity index (χ3v) is 2.25. The van der Waals surface area contributed by atoms with Gasteiger partial charge in [-0.2, -0.15) is 10.2 Å². The Kier molecular flexibility index (Phi) is 2.48. The molecule has 0 saturated heterocycles. The first-order valence-corrected chi connectivity index (χ1v) is 4.72. The quantitative estimate of drug-likeness (QED) is 0.317. The van der Waals surface area contributed by atoms with Gasteiger partial charge in [0.25, 0.3) is 0 Å². The molecule has 3 N–H and O–H groups in total. The lowest BCUT2D eigenvalue weighted by atomic mass is 10.1. The Balaban J connectivity index is 2.27. The lowest BCUT2D eigenvalue weighted by Crippen LogP contribution is -2.34. The highest BCUT2D eigenvalue weighted by Crippen LogP contribution is 2.26. The largest absolute Gasteiger partial charge is 0.440 e. The van der Waals surface area contributed by atoms with Crippen LogP contribution >= 0.6 is 0 Å². The average molecular weight is 214 g/mol. The molecule has 0 saturated carbocycles. The molecule has 1 aliphatic rings. The van der Waals surface area contributed by atoms with Crippen LogP contribution in [0.25, 0.3) is 0 Å². The van der Waals surface area contributed by atoms with Crippen LogP contribution < -0.4 is 10.5 Å². The summed E-state index contributed by atoms with van der Waals surface area (Å²) in [4.78, 5) is 0.940. The van der Waals surface area contributed by atoms with Crippen LogP contribution in [0.1, 0.15) is 5.56 Å². The summed E-state index contributed by atoms with van der Waals surface area (Å²) in [6.45, 7) is 0. The van der Waals surface area contributed by atoms with Crippen LogP contribution in [-0.4, -0.2) is 10.9 Å². The van der Waals surface area contributed by atoms with E-state index < -0.39 is 0 Å². The Morgan fingerprint density at radius 2 is 2.25 bits per heavy atom. The standard InChI is InChI=1S/C11H10N4O/c12-7-15(11(13)14)10-6-5-8-3-1-2-4-9(8)16-10/h1-4,6H,5H2,(H3,13,14). The molecule has 0 spiro atoms. The van der Waals surface area contributed by atoms with Gasteiger partial charge in [0.15, 0.2) is 6.19 Å². The average Bonchev–Trinajstić information content (AvgIpc) is 2.29. The van der Waals surface area contributed by atoms with Gasteiger partial charge >= 0.3 is 0 Å². The second-order valence-corrected chi connectivity index (χ2v) is 3.28. The third kappa shape index (κ3) is 1.68. The monoisotopic (exact) mass is 214 g/mol. The minimum Gasteiger partial charge on any atom is -0.440 e. The van der Waals surface area contributed by atoms with Crippen molar-refractivity contribution < 1.29 is 4.74 Å². The molecule has 1 aromatic rings. The number of hydrogen-bond acceptors (Lipinski definition) is 3. The molecule has 1 aliphatic heterocycles. The molecular formula is C11H10N4O. The Morgan fingerprint density at radius 3 is 2.94 bits per heavy atom. The Labute approximate surface area is 92.9 Å². The topological polar surface area (TPSA) is 86.1 Å². The Hall–Kier alpha value is -2.48. The van der Waals surface area contributed by atoms with Crippen LogP contribution in [0.2, 0.25) is 0 Å². The molecule has 0 unspecified atom stereocenters. The predicted molar refractivity (Wildman–Crippen MR) is 58.2 cm³/mol. The zero-order chi connectivity index (χ0) is 11.5. The highest BCUT2D eigenvalue weighted by atomic mass is 16.5. The van der Waals surface area contributed by atoms with Crippen molar-refractivity contribution in [2.24, 2.45) is 5.73 Å². The number of nitrogens with one attached hydrogen (secondary N) is 1. The summed E-state index contributed by atoms with van der Waals surface area (Å²) < 4.78 is 5.49. The first kappa shape index (κ1) is 10.1. The van der Waals surface area contributed by atoms with E-state index in [0.717, 1.165) is 10.5 Å². The zero-order valence-corrected chi connectivity index (χ0v) is 8.47. The van der Waals surface area contributed by atoms with Gasteiger partial charge in [0, 0.05) is 0 Å². The molecule has 1 heterocycles. The summed E-state index contributed by atoms with van der Waals surface area (Å²) in [5, 5.41) is 16.1. The molecule has 0 atom stereocenters. The first-order valence-electron chi connectivity index (χ1n) is 4.72. The number of nitrogens with two attached hydrogens (primary N) is 1. The van der Waals surface area contributed by atoms with E-state index in [1.807, 2.05) is 24.3 Å². The number of fused-ring (bicyclic) bond motifs is 1. The maximum absolute atomic E-state index is 8.83. The molecule has 0 aromatic heterocycles. The zero-order valence-electron chi connectivity index (χ0n) is 8.47. The van der Waals surface area contributed by atoms with E-state index in [1.165, 1.54) is 0 Å². The predicted octanol–water partition coefficient (Wildman–Crippen LogP) is 1.14. The normalized spacial score (nSPS) is 12.8. The van der Waals surface area contributed by atoms with Crippen LogP contribution in [0.4, 0.5) is 0 Å². The SMILES string of the molecule is N#CN(C(=N)N)C1=CCc2ccccc2O1. The second-order valence-electron chi connectivity index (χ2n) is 3.28. The smallest absolute Gasteiger partial charge is 0.212 e. The highest BCUT2D eigenvalue weighted by molar-refractivity contribution is 5.78. The Bertz CT molecular complexity index is 501. The number of ether oxygens (including phenoxy) is 1. The maximum Gasteiger partial charge on any atom is 0.212 e. The van der Waals surface area contributed by atoms with Gasteiger partial charge in [0.2, 0.25) is 11.8 Å². The van der Waals surface area contributed by atoms with Gasteiger partial charge in [-0.1, -0.05) is 18.2 Å². The van der Waals surface area contributed by atoms with E-state index in [9.17, 15) is 0 Å². The van der Waals surface area contributed by atoms with Crippen molar-refractivity contribution in [3.63, 3.8) is 0 Å². The van der Waals surface area contributed by atoms with E-state index in [-0.39, 0.29) is 11.8 Å². The lowest BCUT2D eigenvalue weighted by molar-refractivity contribution is 0.324. The number of allylic oxidation sites excluding steroid dienone is 1. The van der Waals surface area contributed by atoms with Crippen LogP contribution in [0.3, 0.4) is 0 Å². The molecular weight excluding hydrogens is 204 g/mol. The molecule has 0 amide bonds. The highest BCUT2D eigenvalue weighted by Gasteiger charge is 2.19.